The Bertz CT molecular complexity index is 1060. The maximum Gasteiger partial charge on any atom is 0.267 e. The summed E-state index contributed by atoms with van der Waals surface area (Å²) in [4.78, 5) is 29.0. The van der Waals surface area contributed by atoms with E-state index in [1.165, 1.54) is 10.7 Å². The second-order valence-corrected chi connectivity index (χ2v) is 7.15. The summed E-state index contributed by atoms with van der Waals surface area (Å²) in [5, 5.41) is 4.39. The number of benzene rings is 2. The molecule has 30 heavy (non-hydrogen) atoms. The highest BCUT2D eigenvalue weighted by atomic mass is 16.5. The van der Waals surface area contributed by atoms with Gasteiger partial charge < -0.3 is 14.5 Å². The van der Waals surface area contributed by atoms with Gasteiger partial charge in [-0.3, -0.25) is 9.59 Å². The van der Waals surface area contributed by atoms with E-state index in [0.29, 0.717) is 18.8 Å². The zero-order chi connectivity index (χ0) is 20.9. The van der Waals surface area contributed by atoms with E-state index in [-0.39, 0.29) is 18.0 Å². The summed E-state index contributed by atoms with van der Waals surface area (Å²) in [5.41, 5.74) is 2.41. The van der Waals surface area contributed by atoms with Crippen molar-refractivity contribution in [2.75, 3.05) is 38.2 Å². The fraction of sp³-hybridized carbons (Fsp3) is 0.261. The van der Waals surface area contributed by atoms with Crippen LogP contribution in [0.25, 0.3) is 11.3 Å². The van der Waals surface area contributed by atoms with E-state index >= 15 is 0 Å². The molecule has 7 nitrogen and oxygen atoms in total. The Labute approximate surface area is 175 Å². The van der Waals surface area contributed by atoms with E-state index in [9.17, 15) is 9.59 Å². The van der Waals surface area contributed by atoms with Gasteiger partial charge in [-0.2, -0.15) is 5.10 Å². The van der Waals surface area contributed by atoms with Gasteiger partial charge in [-0.05, 0) is 30.3 Å². The molecule has 1 fully saturated rings. The standard InChI is InChI=1S/C23H24N4O3/c1-30-20-9-7-19(8-10-20)25-13-15-26(16-14-25)23(29)17-27-22(28)12-11-21(24-27)18-5-3-2-4-6-18/h2-12H,13-17H2,1H3. The van der Waals surface area contributed by atoms with Gasteiger partial charge in [-0.25, -0.2) is 4.68 Å². The number of ether oxygens (including phenoxy) is 1. The minimum atomic E-state index is -0.278. The van der Waals surface area contributed by atoms with Crippen LogP contribution >= 0.6 is 0 Å². The van der Waals surface area contributed by atoms with Gasteiger partial charge in [0.15, 0.2) is 0 Å². The lowest BCUT2D eigenvalue weighted by atomic mass is 10.1. The van der Waals surface area contributed by atoms with Crippen LogP contribution in [0.2, 0.25) is 0 Å². The van der Waals surface area contributed by atoms with E-state index in [1.807, 2.05) is 54.6 Å². The molecule has 7 heteroatoms. The Balaban J connectivity index is 1.39. The van der Waals surface area contributed by atoms with Crippen LogP contribution in [-0.2, 0) is 11.3 Å². The summed E-state index contributed by atoms with van der Waals surface area (Å²) in [6.45, 7) is 2.65. The lowest BCUT2D eigenvalue weighted by molar-refractivity contribution is -0.132. The largest absolute Gasteiger partial charge is 0.497 e. The molecule has 0 bridgehead atoms. The van der Waals surface area contributed by atoms with E-state index in [4.69, 9.17) is 4.74 Å². The molecule has 1 aliphatic rings. The highest BCUT2D eigenvalue weighted by molar-refractivity contribution is 5.76. The van der Waals surface area contributed by atoms with Crippen LogP contribution in [-0.4, -0.2) is 53.9 Å². The predicted molar refractivity (Wildman–Crippen MR) is 116 cm³/mol. The normalized spacial score (nSPS) is 13.9. The fourth-order valence-corrected chi connectivity index (χ4v) is 3.56. The molecule has 4 rings (SSSR count). The number of rotatable bonds is 5. The fourth-order valence-electron chi connectivity index (χ4n) is 3.56. The number of hydrogen-bond acceptors (Lipinski definition) is 5. The molecular weight excluding hydrogens is 380 g/mol. The molecule has 0 radical (unpaired) electrons. The van der Waals surface area contributed by atoms with Crippen molar-refractivity contribution in [2.24, 2.45) is 0 Å². The van der Waals surface area contributed by atoms with Crippen molar-refractivity contribution < 1.29 is 9.53 Å². The summed E-state index contributed by atoms with van der Waals surface area (Å²) in [6.07, 6.45) is 0. The molecular formula is C23H24N4O3. The van der Waals surface area contributed by atoms with Crippen molar-refractivity contribution in [1.82, 2.24) is 14.7 Å². The first-order chi connectivity index (χ1) is 14.6. The average molecular weight is 404 g/mol. The van der Waals surface area contributed by atoms with Gasteiger partial charge in [-0.15, -0.1) is 0 Å². The summed E-state index contributed by atoms with van der Waals surface area (Å²) in [5.74, 6) is 0.729. The Morgan fingerprint density at radius 1 is 0.933 bits per heavy atom. The van der Waals surface area contributed by atoms with Gasteiger partial charge >= 0.3 is 0 Å². The van der Waals surface area contributed by atoms with Gasteiger partial charge in [0.25, 0.3) is 5.56 Å². The monoisotopic (exact) mass is 404 g/mol. The lowest BCUT2D eigenvalue weighted by Gasteiger charge is -2.36. The van der Waals surface area contributed by atoms with Crippen LogP contribution < -0.4 is 15.2 Å². The maximum absolute atomic E-state index is 12.8. The first-order valence-corrected chi connectivity index (χ1v) is 9.94. The van der Waals surface area contributed by atoms with E-state index in [0.717, 1.165) is 30.1 Å². The minimum Gasteiger partial charge on any atom is -0.497 e. The Kier molecular flexibility index (Phi) is 5.79. The highest BCUT2D eigenvalue weighted by Crippen LogP contribution is 2.20. The first kappa shape index (κ1) is 19.7. The van der Waals surface area contributed by atoms with Crippen molar-refractivity contribution >= 4 is 11.6 Å². The number of aromatic nitrogens is 2. The summed E-state index contributed by atoms with van der Waals surface area (Å²) < 4.78 is 6.45. The van der Waals surface area contributed by atoms with Crippen molar-refractivity contribution in [1.29, 1.82) is 0 Å². The smallest absolute Gasteiger partial charge is 0.267 e. The van der Waals surface area contributed by atoms with Crippen molar-refractivity contribution in [3.05, 3.63) is 77.1 Å². The van der Waals surface area contributed by atoms with Crippen molar-refractivity contribution in [2.45, 2.75) is 6.54 Å². The van der Waals surface area contributed by atoms with Crippen LogP contribution in [0.5, 0.6) is 5.75 Å². The molecule has 0 N–H and O–H groups in total. The Morgan fingerprint density at radius 2 is 1.63 bits per heavy atom. The molecule has 154 valence electrons. The number of hydrogen-bond donors (Lipinski definition) is 0. The van der Waals surface area contributed by atoms with E-state index in [2.05, 4.69) is 10.00 Å². The number of piperazine rings is 1. The third-order valence-corrected chi connectivity index (χ3v) is 5.29. The van der Waals surface area contributed by atoms with Gasteiger partial charge in [0.05, 0.1) is 12.8 Å². The zero-order valence-corrected chi connectivity index (χ0v) is 16.9. The minimum absolute atomic E-state index is 0.0535. The van der Waals surface area contributed by atoms with E-state index < -0.39 is 0 Å². The summed E-state index contributed by atoms with van der Waals surface area (Å²) in [6, 6.07) is 20.7. The van der Waals surface area contributed by atoms with Crippen LogP contribution in [0.4, 0.5) is 5.69 Å². The number of anilines is 1. The van der Waals surface area contributed by atoms with Crippen LogP contribution in [0, 0.1) is 0 Å². The Hall–Kier alpha value is -3.61. The molecule has 2 aromatic carbocycles. The summed E-state index contributed by atoms with van der Waals surface area (Å²) >= 11 is 0. The zero-order valence-electron chi connectivity index (χ0n) is 16.9. The molecule has 1 aromatic heterocycles. The van der Waals surface area contributed by atoms with Crippen LogP contribution in [0.1, 0.15) is 0 Å². The number of carbonyl (C=O) groups is 1. The van der Waals surface area contributed by atoms with Crippen LogP contribution in [0.15, 0.2) is 71.5 Å². The number of nitrogens with zero attached hydrogens (tertiary/aromatic N) is 4. The molecule has 1 amide bonds. The number of methoxy groups -OCH3 is 1. The van der Waals surface area contributed by atoms with Gasteiger partial charge in [-0.1, -0.05) is 30.3 Å². The van der Waals surface area contributed by atoms with Crippen LogP contribution in [0.3, 0.4) is 0 Å². The second kappa shape index (κ2) is 8.82. The molecule has 0 saturated carbocycles. The van der Waals surface area contributed by atoms with Crippen molar-refractivity contribution in [3.8, 4) is 17.0 Å². The van der Waals surface area contributed by atoms with Gasteiger partial charge in [0.2, 0.25) is 5.91 Å². The van der Waals surface area contributed by atoms with Gasteiger partial charge in [0.1, 0.15) is 12.3 Å². The molecule has 0 atom stereocenters. The molecule has 0 unspecified atom stereocenters. The lowest BCUT2D eigenvalue weighted by Crippen LogP contribution is -2.50. The molecule has 0 spiro atoms. The molecule has 1 saturated heterocycles. The molecule has 1 aliphatic heterocycles. The second-order valence-electron chi connectivity index (χ2n) is 7.15. The SMILES string of the molecule is COc1ccc(N2CCN(C(=O)Cn3nc(-c4ccccc4)ccc3=O)CC2)cc1. The predicted octanol–water partition coefficient (Wildman–Crippen LogP) is 2.27. The first-order valence-electron chi connectivity index (χ1n) is 9.94. The molecule has 2 heterocycles. The number of carbonyl (C=O) groups excluding carboxylic acids is 1. The summed E-state index contributed by atoms with van der Waals surface area (Å²) in [7, 11) is 1.65. The van der Waals surface area contributed by atoms with Crippen molar-refractivity contribution in [3.63, 3.8) is 0 Å². The average Bonchev–Trinajstić information content (AvgIpc) is 2.81. The maximum atomic E-state index is 12.8. The highest BCUT2D eigenvalue weighted by Gasteiger charge is 2.22. The molecule has 0 aliphatic carbocycles. The van der Waals surface area contributed by atoms with Gasteiger partial charge in [0, 0.05) is 43.5 Å². The topological polar surface area (TPSA) is 67.7 Å². The quantitative estimate of drug-likeness (QED) is 0.653. The number of amides is 1. The molecule has 3 aromatic rings. The third-order valence-electron chi connectivity index (χ3n) is 5.29. The Morgan fingerprint density at radius 3 is 2.30 bits per heavy atom. The van der Waals surface area contributed by atoms with E-state index in [1.54, 1.807) is 18.1 Å². The third kappa shape index (κ3) is 4.35.